The number of benzene rings is 3. The molecule has 35 heavy (non-hydrogen) atoms. The summed E-state index contributed by atoms with van der Waals surface area (Å²) in [5.74, 6) is -4.39. The molecule has 1 aromatic heterocycles. The van der Waals surface area contributed by atoms with E-state index in [9.17, 15) is 24.2 Å². The van der Waals surface area contributed by atoms with Gasteiger partial charge >= 0.3 is 11.9 Å². The molecule has 0 amide bonds. The number of aromatic nitrogens is 1. The first-order chi connectivity index (χ1) is 16.8. The lowest BCUT2D eigenvalue weighted by molar-refractivity contribution is -0.144. The quantitative estimate of drug-likeness (QED) is 0.375. The van der Waals surface area contributed by atoms with Crippen molar-refractivity contribution in [3.63, 3.8) is 0 Å². The zero-order valence-corrected chi connectivity index (χ0v) is 18.8. The van der Waals surface area contributed by atoms with Crippen LogP contribution in [0.1, 0.15) is 44.3 Å². The second-order valence-corrected chi connectivity index (χ2v) is 8.80. The average Bonchev–Trinajstić information content (AvgIpc) is 3.20. The molecule has 0 saturated carbocycles. The normalized spacial score (nSPS) is 17.9. The minimum Gasteiger partial charge on any atom is -0.480 e. The lowest BCUT2D eigenvalue weighted by Crippen LogP contribution is -2.48. The number of aliphatic carboxylic acids is 1. The van der Waals surface area contributed by atoms with Crippen LogP contribution in [0.4, 0.5) is 8.78 Å². The molecule has 0 aliphatic carbocycles. The number of carbonyl (C=O) groups is 2. The number of para-hydroxylation sites is 1. The van der Waals surface area contributed by atoms with Crippen LogP contribution in [-0.4, -0.2) is 38.1 Å². The third-order valence-electron chi connectivity index (χ3n) is 6.66. The Morgan fingerprint density at radius 2 is 1.83 bits per heavy atom. The summed E-state index contributed by atoms with van der Waals surface area (Å²) in [5, 5.41) is 20.8. The lowest BCUT2D eigenvalue weighted by Gasteiger charge is -2.40. The summed E-state index contributed by atoms with van der Waals surface area (Å²) in [7, 11) is 0. The molecule has 5 rings (SSSR count). The van der Waals surface area contributed by atoms with Crippen LogP contribution in [-0.2, 0) is 17.8 Å². The molecule has 0 unspecified atom stereocenters. The molecule has 3 aromatic carbocycles. The van der Waals surface area contributed by atoms with Crippen LogP contribution in [0.5, 0.6) is 0 Å². The first-order valence-corrected chi connectivity index (χ1v) is 11.1. The Balaban J connectivity index is 1.75. The number of rotatable bonds is 5. The Morgan fingerprint density at radius 3 is 2.57 bits per heavy atom. The van der Waals surface area contributed by atoms with E-state index in [2.05, 4.69) is 4.98 Å². The molecule has 0 fully saturated rings. The molecule has 2 atom stereocenters. The van der Waals surface area contributed by atoms with Gasteiger partial charge in [-0.25, -0.2) is 13.6 Å². The van der Waals surface area contributed by atoms with E-state index in [4.69, 9.17) is 0 Å². The van der Waals surface area contributed by atoms with Crippen LogP contribution in [0.3, 0.4) is 0 Å². The summed E-state index contributed by atoms with van der Waals surface area (Å²) < 4.78 is 29.5. The van der Waals surface area contributed by atoms with Gasteiger partial charge in [0.15, 0.2) is 11.6 Å². The SMILES string of the molecule is Cc1ccc(CN2[C@H](c3cccc(F)c3F)c3[nH]c4ccccc4c3C[C@H]2C(=O)O)c(C(=O)O)c1. The van der Waals surface area contributed by atoms with Crippen molar-refractivity contribution in [2.45, 2.75) is 32.0 Å². The van der Waals surface area contributed by atoms with Crippen molar-refractivity contribution in [2.24, 2.45) is 0 Å². The number of hydrogen-bond donors (Lipinski definition) is 3. The zero-order chi connectivity index (χ0) is 24.9. The van der Waals surface area contributed by atoms with Crippen molar-refractivity contribution in [2.75, 3.05) is 0 Å². The van der Waals surface area contributed by atoms with E-state index in [1.807, 2.05) is 24.3 Å². The van der Waals surface area contributed by atoms with Gasteiger partial charge in [-0.05, 0) is 36.2 Å². The summed E-state index contributed by atoms with van der Waals surface area (Å²) in [6, 6.07) is 14.0. The van der Waals surface area contributed by atoms with Crippen LogP contribution in [0.25, 0.3) is 10.9 Å². The molecule has 0 saturated heterocycles. The van der Waals surface area contributed by atoms with Crippen molar-refractivity contribution >= 4 is 22.8 Å². The summed E-state index contributed by atoms with van der Waals surface area (Å²) >= 11 is 0. The van der Waals surface area contributed by atoms with Crippen LogP contribution >= 0.6 is 0 Å². The number of nitrogens with one attached hydrogen (secondary N) is 1. The van der Waals surface area contributed by atoms with Gasteiger partial charge in [0.05, 0.1) is 11.6 Å². The van der Waals surface area contributed by atoms with E-state index in [0.29, 0.717) is 11.3 Å². The van der Waals surface area contributed by atoms with Gasteiger partial charge < -0.3 is 15.2 Å². The summed E-state index contributed by atoms with van der Waals surface area (Å²) in [6.45, 7) is 1.67. The maximum Gasteiger partial charge on any atom is 0.336 e. The van der Waals surface area contributed by atoms with E-state index >= 15 is 4.39 Å². The molecule has 0 bridgehead atoms. The van der Waals surface area contributed by atoms with Crippen LogP contribution in [0.15, 0.2) is 60.7 Å². The third kappa shape index (κ3) is 3.85. The van der Waals surface area contributed by atoms with Crippen molar-refractivity contribution in [1.82, 2.24) is 9.88 Å². The Morgan fingerprint density at radius 1 is 1.06 bits per heavy atom. The van der Waals surface area contributed by atoms with E-state index in [-0.39, 0.29) is 24.1 Å². The molecule has 2 heterocycles. The number of aryl methyl sites for hydroxylation is 1. The molecular weight excluding hydrogens is 454 g/mol. The fourth-order valence-corrected chi connectivity index (χ4v) is 5.05. The number of H-pyrrole nitrogens is 1. The van der Waals surface area contributed by atoms with Crippen LogP contribution in [0.2, 0.25) is 0 Å². The number of nitrogens with zero attached hydrogens (tertiary/aromatic N) is 1. The second-order valence-electron chi connectivity index (χ2n) is 8.80. The largest absolute Gasteiger partial charge is 0.480 e. The van der Waals surface area contributed by atoms with E-state index in [1.165, 1.54) is 23.1 Å². The topological polar surface area (TPSA) is 93.6 Å². The van der Waals surface area contributed by atoms with Gasteiger partial charge in [-0.15, -0.1) is 0 Å². The van der Waals surface area contributed by atoms with Gasteiger partial charge in [-0.2, -0.15) is 0 Å². The summed E-state index contributed by atoms with van der Waals surface area (Å²) in [6.07, 6.45) is 0.121. The molecule has 0 spiro atoms. The van der Waals surface area contributed by atoms with E-state index in [1.54, 1.807) is 19.1 Å². The van der Waals surface area contributed by atoms with Gasteiger partial charge in [0.2, 0.25) is 0 Å². The highest BCUT2D eigenvalue weighted by Crippen LogP contribution is 2.43. The molecule has 6 nitrogen and oxygen atoms in total. The number of carboxylic acid groups (broad SMARTS) is 2. The maximum atomic E-state index is 15.2. The highest BCUT2D eigenvalue weighted by molar-refractivity contribution is 5.90. The van der Waals surface area contributed by atoms with Gasteiger partial charge in [0.1, 0.15) is 6.04 Å². The van der Waals surface area contributed by atoms with E-state index < -0.39 is 35.7 Å². The monoisotopic (exact) mass is 476 g/mol. The smallest absolute Gasteiger partial charge is 0.336 e. The van der Waals surface area contributed by atoms with Crippen molar-refractivity contribution in [1.29, 1.82) is 0 Å². The van der Waals surface area contributed by atoms with E-state index in [0.717, 1.165) is 28.1 Å². The summed E-state index contributed by atoms with van der Waals surface area (Å²) in [5.41, 5.74) is 3.19. The molecule has 3 N–H and O–H groups in total. The second kappa shape index (κ2) is 8.63. The standard InChI is InChI=1S/C27H22F2N2O4/c1-14-9-10-15(18(11-14)26(32)33)13-31-22(27(34)35)12-19-16-5-2-3-8-21(16)30-24(19)25(31)17-6-4-7-20(28)23(17)29/h2-11,22,25,30H,12-13H2,1H3,(H,32,33)(H,34,35)/t22-,25+/m0/s1. The van der Waals surface area contributed by atoms with Gasteiger partial charge in [-0.1, -0.05) is 48.0 Å². The number of halogens is 2. The van der Waals surface area contributed by atoms with Crippen molar-refractivity contribution in [3.05, 3.63) is 106 Å². The Hall–Kier alpha value is -4.04. The minimum absolute atomic E-state index is 0.0206. The fourth-order valence-electron chi connectivity index (χ4n) is 5.05. The number of hydrogen-bond acceptors (Lipinski definition) is 3. The fraction of sp³-hybridized carbons (Fsp3) is 0.185. The highest BCUT2D eigenvalue weighted by Gasteiger charge is 2.42. The maximum absolute atomic E-state index is 15.2. The first-order valence-electron chi connectivity index (χ1n) is 11.1. The molecule has 4 aromatic rings. The molecule has 8 heteroatoms. The Kier molecular flexibility index (Phi) is 5.61. The Bertz CT molecular complexity index is 1480. The number of fused-ring (bicyclic) bond motifs is 3. The lowest BCUT2D eigenvalue weighted by atomic mass is 9.87. The highest BCUT2D eigenvalue weighted by atomic mass is 19.2. The minimum atomic E-state index is -1.15. The molecule has 1 aliphatic rings. The van der Waals surface area contributed by atoms with Crippen molar-refractivity contribution in [3.8, 4) is 0 Å². The predicted molar refractivity (Wildman–Crippen MR) is 125 cm³/mol. The first kappa shape index (κ1) is 22.7. The number of carboxylic acids is 2. The van der Waals surface area contributed by atoms with Crippen molar-refractivity contribution < 1.29 is 28.6 Å². The van der Waals surface area contributed by atoms with Crippen LogP contribution in [0, 0.1) is 18.6 Å². The molecular formula is C27H22F2N2O4. The Labute approximate surface area is 199 Å². The molecule has 0 radical (unpaired) electrons. The summed E-state index contributed by atoms with van der Waals surface area (Å²) in [4.78, 5) is 29.3. The van der Waals surface area contributed by atoms with Crippen LogP contribution < -0.4 is 0 Å². The average molecular weight is 476 g/mol. The van der Waals surface area contributed by atoms with Gasteiger partial charge in [0, 0.05) is 35.1 Å². The number of aromatic amines is 1. The van der Waals surface area contributed by atoms with Gasteiger partial charge in [-0.3, -0.25) is 9.69 Å². The molecule has 1 aliphatic heterocycles. The number of aromatic carboxylic acids is 1. The van der Waals surface area contributed by atoms with Gasteiger partial charge in [0.25, 0.3) is 0 Å². The zero-order valence-electron chi connectivity index (χ0n) is 18.8. The predicted octanol–water partition coefficient (Wildman–Crippen LogP) is 5.05. The molecule has 178 valence electrons. The third-order valence-corrected chi connectivity index (χ3v) is 6.66.